The van der Waals surface area contributed by atoms with Crippen molar-refractivity contribution in [2.24, 2.45) is 0 Å². The SMILES string of the molecule is Cc1cccc(C(=O)CCC(=O)c2ccc3c(c2)OC(F)(F)O3)c1. The predicted octanol–water partition coefficient (Wildman–Crippen LogP) is 4.16. The van der Waals surface area contributed by atoms with Gasteiger partial charge < -0.3 is 9.47 Å². The molecule has 3 rings (SSSR count). The molecular formula is C18H14F2O4. The largest absolute Gasteiger partial charge is 0.586 e. The number of alkyl halides is 2. The zero-order valence-corrected chi connectivity index (χ0v) is 12.8. The number of ketones is 2. The Hall–Kier alpha value is -2.76. The van der Waals surface area contributed by atoms with Crippen molar-refractivity contribution < 1.29 is 27.8 Å². The standard InChI is InChI=1S/C18H14F2O4/c1-11-3-2-4-12(9-11)14(21)6-7-15(22)13-5-8-16-17(10-13)24-18(19,20)23-16/h2-5,8-10H,6-7H2,1H3. The molecule has 1 aliphatic rings. The Morgan fingerprint density at radius 3 is 2.21 bits per heavy atom. The van der Waals surface area contributed by atoms with Crippen LogP contribution in [0.15, 0.2) is 42.5 Å². The molecule has 2 aromatic carbocycles. The average molecular weight is 332 g/mol. The smallest absolute Gasteiger partial charge is 0.395 e. The molecule has 0 aliphatic carbocycles. The molecule has 6 heteroatoms. The van der Waals surface area contributed by atoms with Gasteiger partial charge in [0.25, 0.3) is 0 Å². The number of benzene rings is 2. The van der Waals surface area contributed by atoms with Crippen molar-refractivity contribution in [3.63, 3.8) is 0 Å². The van der Waals surface area contributed by atoms with Gasteiger partial charge in [0.15, 0.2) is 23.1 Å². The molecule has 0 amide bonds. The monoisotopic (exact) mass is 332 g/mol. The highest BCUT2D eigenvalue weighted by Crippen LogP contribution is 2.41. The van der Waals surface area contributed by atoms with Gasteiger partial charge in [-0.15, -0.1) is 8.78 Å². The van der Waals surface area contributed by atoms with Crippen LogP contribution in [-0.2, 0) is 0 Å². The molecule has 24 heavy (non-hydrogen) atoms. The number of carbonyl (C=O) groups is 2. The highest BCUT2D eigenvalue weighted by molar-refractivity contribution is 6.02. The van der Waals surface area contributed by atoms with E-state index >= 15 is 0 Å². The molecule has 0 saturated carbocycles. The molecule has 1 aliphatic heterocycles. The van der Waals surface area contributed by atoms with Crippen molar-refractivity contribution >= 4 is 11.6 Å². The van der Waals surface area contributed by atoms with E-state index in [1.807, 2.05) is 13.0 Å². The lowest BCUT2D eigenvalue weighted by Crippen LogP contribution is -2.25. The first kappa shape index (κ1) is 16.1. The lowest BCUT2D eigenvalue weighted by Gasteiger charge is -2.04. The van der Waals surface area contributed by atoms with Gasteiger partial charge in [-0.1, -0.05) is 23.8 Å². The number of rotatable bonds is 5. The van der Waals surface area contributed by atoms with Crippen molar-refractivity contribution in [1.29, 1.82) is 0 Å². The van der Waals surface area contributed by atoms with E-state index in [4.69, 9.17) is 0 Å². The van der Waals surface area contributed by atoms with Gasteiger partial charge in [0, 0.05) is 24.0 Å². The minimum atomic E-state index is -3.72. The van der Waals surface area contributed by atoms with Gasteiger partial charge in [-0.2, -0.15) is 0 Å². The lowest BCUT2D eigenvalue weighted by molar-refractivity contribution is -0.286. The first-order chi connectivity index (χ1) is 11.3. The zero-order chi connectivity index (χ0) is 17.3. The summed E-state index contributed by atoms with van der Waals surface area (Å²) in [6, 6.07) is 11.0. The highest BCUT2D eigenvalue weighted by atomic mass is 19.3. The summed E-state index contributed by atoms with van der Waals surface area (Å²) < 4.78 is 34.5. The summed E-state index contributed by atoms with van der Waals surface area (Å²) in [5.74, 6) is -0.764. The summed E-state index contributed by atoms with van der Waals surface area (Å²) in [6.07, 6.45) is -3.68. The van der Waals surface area contributed by atoms with E-state index in [2.05, 4.69) is 9.47 Å². The number of aryl methyl sites for hydroxylation is 1. The van der Waals surface area contributed by atoms with Gasteiger partial charge in [0.1, 0.15) is 0 Å². The Bertz CT molecular complexity index is 814. The molecule has 4 nitrogen and oxygen atoms in total. The van der Waals surface area contributed by atoms with Gasteiger partial charge >= 0.3 is 6.29 Å². The molecule has 0 bridgehead atoms. The number of hydrogen-bond donors (Lipinski definition) is 0. The van der Waals surface area contributed by atoms with Gasteiger partial charge in [0.05, 0.1) is 0 Å². The molecule has 0 fully saturated rings. The molecular weight excluding hydrogens is 318 g/mol. The Balaban J connectivity index is 1.65. The summed E-state index contributed by atoms with van der Waals surface area (Å²) in [5.41, 5.74) is 1.71. The molecule has 0 saturated heterocycles. The number of halogens is 2. The fraction of sp³-hybridized carbons (Fsp3) is 0.222. The number of ether oxygens (including phenoxy) is 2. The van der Waals surface area contributed by atoms with Crippen LogP contribution >= 0.6 is 0 Å². The second-order valence-corrected chi connectivity index (χ2v) is 5.54. The predicted molar refractivity (Wildman–Crippen MR) is 81.7 cm³/mol. The van der Waals surface area contributed by atoms with Crippen molar-refractivity contribution in [2.45, 2.75) is 26.1 Å². The van der Waals surface area contributed by atoms with E-state index in [-0.39, 0.29) is 41.5 Å². The molecule has 0 N–H and O–H groups in total. The number of carbonyl (C=O) groups excluding carboxylic acids is 2. The highest BCUT2D eigenvalue weighted by Gasteiger charge is 2.43. The topological polar surface area (TPSA) is 52.6 Å². The van der Waals surface area contributed by atoms with Gasteiger partial charge in [0.2, 0.25) is 0 Å². The third-order valence-corrected chi connectivity index (χ3v) is 3.64. The summed E-state index contributed by atoms with van der Waals surface area (Å²) >= 11 is 0. The normalized spacial score (nSPS) is 14.5. The van der Waals surface area contributed by atoms with Crippen molar-refractivity contribution in [3.05, 3.63) is 59.2 Å². The average Bonchev–Trinajstić information content (AvgIpc) is 2.85. The minimum absolute atomic E-state index is 0.0111. The molecule has 0 radical (unpaired) electrons. The first-order valence-electron chi connectivity index (χ1n) is 7.37. The second-order valence-electron chi connectivity index (χ2n) is 5.54. The van der Waals surface area contributed by atoms with Crippen molar-refractivity contribution in [1.82, 2.24) is 0 Å². The lowest BCUT2D eigenvalue weighted by atomic mass is 10.0. The van der Waals surface area contributed by atoms with Crippen LogP contribution in [0.2, 0.25) is 0 Å². The summed E-state index contributed by atoms with van der Waals surface area (Å²) in [7, 11) is 0. The molecule has 0 aromatic heterocycles. The van der Waals surface area contributed by atoms with Crippen LogP contribution in [0.1, 0.15) is 39.1 Å². The Kier molecular flexibility index (Phi) is 4.05. The Labute approximate surface area is 137 Å². The molecule has 1 heterocycles. The third-order valence-electron chi connectivity index (χ3n) is 3.64. The summed E-state index contributed by atoms with van der Waals surface area (Å²) in [4.78, 5) is 24.3. The zero-order valence-electron chi connectivity index (χ0n) is 12.8. The number of fused-ring (bicyclic) bond motifs is 1. The van der Waals surface area contributed by atoms with Gasteiger partial charge in [-0.25, -0.2) is 0 Å². The molecule has 124 valence electrons. The van der Waals surface area contributed by atoms with Crippen LogP contribution in [0.3, 0.4) is 0 Å². The Morgan fingerprint density at radius 2 is 1.54 bits per heavy atom. The van der Waals surface area contributed by atoms with E-state index in [1.54, 1.807) is 18.2 Å². The van der Waals surface area contributed by atoms with E-state index in [9.17, 15) is 18.4 Å². The molecule has 0 spiro atoms. The van der Waals surface area contributed by atoms with Crippen LogP contribution in [-0.4, -0.2) is 17.9 Å². The fourth-order valence-electron chi connectivity index (χ4n) is 2.46. The van der Waals surface area contributed by atoms with E-state index < -0.39 is 6.29 Å². The van der Waals surface area contributed by atoms with E-state index in [0.717, 1.165) is 5.56 Å². The first-order valence-corrected chi connectivity index (χ1v) is 7.37. The van der Waals surface area contributed by atoms with Crippen LogP contribution in [0, 0.1) is 6.92 Å². The second kappa shape index (κ2) is 6.03. The quantitative estimate of drug-likeness (QED) is 0.772. The maximum Gasteiger partial charge on any atom is 0.586 e. The maximum absolute atomic E-state index is 13.0. The van der Waals surface area contributed by atoms with Gasteiger partial charge in [-0.3, -0.25) is 9.59 Å². The fourth-order valence-corrected chi connectivity index (χ4v) is 2.46. The summed E-state index contributed by atoms with van der Waals surface area (Å²) in [6.45, 7) is 1.88. The molecule has 0 unspecified atom stereocenters. The van der Waals surface area contributed by atoms with Crippen LogP contribution in [0.4, 0.5) is 8.78 Å². The van der Waals surface area contributed by atoms with Crippen molar-refractivity contribution in [3.8, 4) is 11.5 Å². The third kappa shape index (κ3) is 3.42. The van der Waals surface area contributed by atoms with Crippen molar-refractivity contribution in [2.75, 3.05) is 0 Å². The molecule has 2 aromatic rings. The summed E-state index contributed by atoms with van der Waals surface area (Å²) in [5, 5.41) is 0. The number of hydrogen-bond acceptors (Lipinski definition) is 4. The minimum Gasteiger partial charge on any atom is -0.395 e. The van der Waals surface area contributed by atoms with Crippen LogP contribution < -0.4 is 9.47 Å². The Morgan fingerprint density at radius 1 is 0.917 bits per heavy atom. The van der Waals surface area contributed by atoms with Gasteiger partial charge in [-0.05, 0) is 31.2 Å². The maximum atomic E-state index is 13.0. The van der Waals surface area contributed by atoms with E-state index in [1.165, 1.54) is 18.2 Å². The molecule has 0 atom stereocenters. The number of Topliss-reactive ketones (excluding diaryl/α,β-unsaturated/α-hetero) is 2. The van der Waals surface area contributed by atoms with E-state index in [0.29, 0.717) is 5.56 Å². The van der Waals surface area contributed by atoms with Crippen LogP contribution in [0.25, 0.3) is 0 Å². The van der Waals surface area contributed by atoms with Crippen LogP contribution in [0.5, 0.6) is 11.5 Å².